The Morgan fingerprint density at radius 2 is 1.93 bits per heavy atom. The van der Waals surface area contributed by atoms with E-state index in [0.29, 0.717) is 5.82 Å². The Morgan fingerprint density at radius 3 is 2.67 bits per heavy atom. The van der Waals surface area contributed by atoms with Gasteiger partial charge in [0.2, 0.25) is 0 Å². The Labute approximate surface area is 91.9 Å². The first-order chi connectivity index (χ1) is 7.38. The van der Waals surface area contributed by atoms with Crippen molar-refractivity contribution >= 4 is 17.6 Å². The van der Waals surface area contributed by atoms with Gasteiger partial charge in [-0.25, -0.2) is 15.8 Å². The van der Waals surface area contributed by atoms with Crippen molar-refractivity contribution in [1.29, 1.82) is 0 Å². The number of hydrazine groups is 1. The molecule has 0 aliphatic heterocycles. The number of hydrogen-bond acceptors (Lipinski definition) is 5. The molecule has 2 aromatic heterocycles. The highest BCUT2D eigenvalue weighted by Gasteiger charge is 1.99. The van der Waals surface area contributed by atoms with E-state index in [1.54, 1.807) is 6.20 Å². The Kier molecular flexibility index (Phi) is 3.16. The Balaban J connectivity index is 2.17. The van der Waals surface area contributed by atoms with Crippen LogP contribution >= 0.6 is 11.8 Å². The van der Waals surface area contributed by atoms with Gasteiger partial charge in [-0.3, -0.25) is 0 Å². The van der Waals surface area contributed by atoms with Crippen molar-refractivity contribution in [3.63, 3.8) is 0 Å². The lowest BCUT2D eigenvalue weighted by Crippen LogP contribution is -2.08. The molecule has 0 aromatic carbocycles. The summed E-state index contributed by atoms with van der Waals surface area (Å²) in [7, 11) is 0. The molecule has 0 fully saturated rings. The molecule has 0 atom stereocenters. The maximum Gasteiger partial charge on any atom is 0.141 e. The van der Waals surface area contributed by atoms with Crippen LogP contribution in [-0.4, -0.2) is 9.97 Å². The summed E-state index contributed by atoms with van der Waals surface area (Å²) in [4.78, 5) is 8.47. The van der Waals surface area contributed by atoms with E-state index in [1.165, 1.54) is 11.8 Å². The molecule has 2 heterocycles. The van der Waals surface area contributed by atoms with Gasteiger partial charge in [-0.2, -0.15) is 0 Å². The van der Waals surface area contributed by atoms with Gasteiger partial charge in [0.25, 0.3) is 0 Å². The average Bonchev–Trinajstić information content (AvgIpc) is 2.31. The van der Waals surface area contributed by atoms with E-state index in [9.17, 15) is 0 Å². The topological polar surface area (TPSA) is 63.8 Å². The summed E-state index contributed by atoms with van der Waals surface area (Å²) in [6.07, 6.45) is 1.76. The predicted molar refractivity (Wildman–Crippen MR) is 60.4 cm³/mol. The molecule has 0 spiro atoms. The van der Waals surface area contributed by atoms with E-state index < -0.39 is 0 Å². The second kappa shape index (κ2) is 4.77. The maximum absolute atomic E-state index is 5.27. The second-order valence-electron chi connectivity index (χ2n) is 2.78. The van der Waals surface area contributed by atoms with Crippen molar-refractivity contribution in [3.8, 4) is 0 Å². The fourth-order valence-corrected chi connectivity index (χ4v) is 1.83. The molecule has 0 radical (unpaired) electrons. The summed E-state index contributed by atoms with van der Waals surface area (Å²) in [6.45, 7) is 0. The van der Waals surface area contributed by atoms with E-state index in [0.717, 1.165) is 10.1 Å². The van der Waals surface area contributed by atoms with Crippen molar-refractivity contribution in [1.82, 2.24) is 9.97 Å². The molecule has 0 saturated carbocycles. The second-order valence-corrected chi connectivity index (χ2v) is 3.82. The van der Waals surface area contributed by atoms with Crippen LogP contribution in [0.15, 0.2) is 52.6 Å². The lowest BCUT2D eigenvalue weighted by atomic mass is 10.5. The van der Waals surface area contributed by atoms with Crippen LogP contribution in [0, 0.1) is 0 Å². The van der Waals surface area contributed by atoms with Gasteiger partial charge in [-0.15, -0.1) is 0 Å². The van der Waals surface area contributed by atoms with Crippen molar-refractivity contribution in [2.24, 2.45) is 5.84 Å². The van der Waals surface area contributed by atoms with Crippen LogP contribution in [0.1, 0.15) is 0 Å². The molecule has 0 saturated heterocycles. The molecule has 4 nitrogen and oxygen atoms in total. The number of nitrogen functional groups attached to an aromatic ring is 1. The van der Waals surface area contributed by atoms with Gasteiger partial charge < -0.3 is 5.43 Å². The average molecular weight is 218 g/mol. The Morgan fingerprint density at radius 1 is 1.07 bits per heavy atom. The molecule has 0 bridgehead atoms. The van der Waals surface area contributed by atoms with E-state index in [-0.39, 0.29) is 0 Å². The summed E-state index contributed by atoms with van der Waals surface area (Å²) in [5.74, 6) is 5.92. The van der Waals surface area contributed by atoms with Crippen molar-refractivity contribution < 1.29 is 0 Å². The number of pyridine rings is 2. The van der Waals surface area contributed by atoms with E-state index in [2.05, 4.69) is 15.4 Å². The highest BCUT2D eigenvalue weighted by Crippen LogP contribution is 2.24. The number of hydrogen-bond donors (Lipinski definition) is 2. The summed E-state index contributed by atoms with van der Waals surface area (Å²) in [5.41, 5.74) is 2.51. The quantitative estimate of drug-likeness (QED) is 0.608. The van der Waals surface area contributed by atoms with Gasteiger partial charge in [-0.05, 0) is 24.3 Å². The smallest absolute Gasteiger partial charge is 0.141 e. The van der Waals surface area contributed by atoms with Gasteiger partial charge in [-0.1, -0.05) is 23.9 Å². The van der Waals surface area contributed by atoms with Crippen LogP contribution in [0.5, 0.6) is 0 Å². The zero-order chi connectivity index (χ0) is 10.5. The van der Waals surface area contributed by atoms with E-state index >= 15 is 0 Å². The molecule has 2 aromatic rings. The molecule has 2 rings (SSSR count). The summed E-state index contributed by atoms with van der Waals surface area (Å²) >= 11 is 1.50. The van der Waals surface area contributed by atoms with Crippen LogP contribution < -0.4 is 11.3 Å². The highest BCUT2D eigenvalue weighted by atomic mass is 32.2. The molecule has 15 heavy (non-hydrogen) atoms. The van der Waals surface area contributed by atoms with Crippen molar-refractivity contribution in [2.45, 2.75) is 10.1 Å². The van der Waals surface area contributed by atoms with Gasteiger partial charge in [0.15, 0.2) is 0 Å². The summed E-state index contributed by atoms with van der Waals surface area (Å²) in [6, 6.07) is 11.4. The highest BCUT2D eigenvalue weighted by molar-refractivity contribution is 7.99. The number of nitrogens with two attached hydrogens (primary N) is 1. The predicted octanol–water partition coefficient (Wildman–Crippen LogP) is 1.91. The van der Waals surface area contributed by atoms with Gasteiger partial charge in [0.05, 0.1) is 0 Å². The van der Waals surface area contributed by atoms with E-state index in [4.69, 9.17) is 5.84 Å². The van der Waals surface area contributed by atoms with Crippen LogP contribution in [0.3, 0.4) is 0 Å². The first-order valence-corrected chi connectivity index (χ1v) is 5.23. The largest absolute Gasteiger partial charge is 0.308 e. The number of aromatic nitrogens is 2. The maximum atomic E-state index is 5.27. The third-order valence-corrected chi connectivity index (χ3v) is 2.61. The molecular weight excluding hydrogens is 208 g/mol. The minimum absolute atomic E-state index is 0.649. The lowest BCUT2D eigenvalue weighted by molar-refractivity contribution is 1.08. The monoisotopic (exact) mass is 218 g/mol. The third kappa shape index (κ3) is 2.68. The molecule has 0 aliphatic carbocycles. The minimum atomic E-state index is 0.649. The molecule has 0 aliphatic rings. The van der Waals surface area contributed by atoms with Gasteiger partial charge >= 0.3 is 0 Å². The third-order valence-electron chi connectivity index (χ3n) is 1.72. The Hall–Kier alpha value is -1.59. The zero-order valence-electron chi connectivity index (χ0n) is 7.92. The van der Waals surface area contributed by atoms with Gasteiger partial charge in [0, 0.05) is 6.20 Å². The number of anilines is 1. The zero-order valence-corrected chi connectivity index (χ0v) is 8.74. The van der Waals surface area contributed by atoms with Gasteiger partial charge in [0.1, 0.15) is 15.9 Å². The molecule has 0 amide bonds. The lowest BCUT2D eigenvalue weighted by Gasteiger charge is -2.02. The normalized spacial score (nSPS) is 9.93. The Bertz CT molecular complexity index is 432. The van der Waals surface area contributed by atoms with Crippen LogP contribution in [0.4, 0.5) is 5.82 Å². The first kappa shape index (κ1) is 9.95. The van der Waals surface area contributed by atoms with Crippen LogP contribution in [0.2, 0.25) is 0 Å². The van der Waals surface area contributed by atoms with Crippen LogP contribution in [0.25, 0.3) is 0 Å². The molecule has 3 N–H and O–H groups in total. The number of rotatable bonds is 3. The van der Waals surface area contributed by atoms with E-state index in [1.807, 2.05) is 36.4 Å². The first-order valence-electron chi connectivity index (χ1n) is 4.41. The van der Waals surface area contributed by atoms with Crippen molar-refractivity contribution in [2.75, 3.05) is 5.43 Å². The van der Waals surface area contributed by atoms with Crippen LogP contribution in [-0.2, 0) is 0 Å². The standard InChI is InChI=1S/C10H10N4S/c11-14-8-4-3-6-10(13-8)15-9-5-1-2-7-12-9/h1-7H,11H2,(H,13,14). The molecule has 76 valence electrons. The minimum Gasteiger partial charge on any atom is -0.308 e. The van der Waals surface area contributed by atoms with Crippen molar-refractivity contribution in [3.05, 3.63) is 42.6 Å². The summed E-state index contributed by atoms with van der Waals surface area (Å²) in [5, 5.41) is 1.78. The fourth-order valence-electron chi connectivity index (χ4n) is 1.07. The summed E-state index contributed by atoms with van der Waals surface area (Å²) < 4.78 is 0. The molecular formula is C10H10N4S. The molecule has 0 unspecified atom stereocenters. The fraction of sp³-hybridized carbons (Fsp3) is 0. The number of nitrogens with zero attached hydrogens (tertiary/aromatic N) is 2. The number of nitrogens with one attached hydrogen (secondary N) is 1. The molecule has 5 heteroatoms. The SMILES string of the molecule is NNc1cccc(Sc2ccccn2)n1.